The molecule has 0 aliphatic rings. The molecule has 0 aromatic heterocycles. The van der Waals surface area contributed by atoms with Gasteiger partial charge in [0, 0.05) is 12.6 Å². The molecule has 0 saturated carbocycles. The molecule has 2 N–H and O–H groups in total. The smallest absolute Gasteiger partial charge is 0.305 e. The molecule has 0 aliphatic carbocycles. The van der Waals surface area contributed by atoms with E-state index in [1.54, 1.807) is 25.8 Å². The van der Waals surface area contributed by atoms with Crippen LogP contribution in [0.4, 0.5) is 0 Å². The van der Waals surface area contributed by atoms with Crippen molar-refractivity contribution >= 4 is 11.9 Å². The Hall–Kier alpha value is -1.10. The lowest BCUT2D eigenvalue weighted by atomic mass is 10.0. The lowest BCUT2D eigenvalue weighted by Gasteiger charge is -2.34. The molecule has 0 atom stereocenters. The maximum absolute atomic E-state index is 12.1. The van der Waals surface area contributed by atoms with E-state index in [2.05, 4.69) is 5.32 Å². The number of carbonyl (C=O) groups excluding carboxylic acids is 1. The molecule has 0 fully saturated rings. The second kappa shape index (κ2) is 5.84. The molecule has 0 aromatic carbocycles. The summed E-state index contributed by atoms with van der Waals surface area (Å²) >= 11 is 0. The largest absolute Gasteiger partial charge is 0.481 e. The highest BCUT2D eigenvalue weighted by atomic mass is 16.4. The van der Waals surface area contributed by atoms with Gasteiger partial charge in [0.2, 0.25) is 5.91 Å². The van der Waals surface area contributed by atoms with Gasteiger partial charge in [-0.2, -0.15) is 0 Å². The van der Waals surface area contributed by atoms with Crippen LogP contribution in [0.2, 0.25) is 0 Å². The third-order valence-electron chi connectivity index (χ3n) is 2.61. The zero-order chi connectivity index (χ0) is 12.9. The first-order chi connectivity index (χ1) is 7.22. The fourth-order valence-corrected chi connectivity index (χ4v) is 1.28. The summed E-state index contributed by atoms with van der Waals surface area (Å²) in [6, 6.07) is -0.000486. The van der Waals surface area contributed by atoms with Gasteiger partial charge in [-0.25, -0.2) is 0 Å². The highest BCUT2D eigenvalue weighted by Gasteiger charge is 2.31. The summed E-state index contributed by atoms with van der Waals surface area (Å²) in [5, 5.41) is 11.6. The van der Waals surface area contributed by atoms with E-state index in [9.17, 15) is 9.59 Å². The van der Waals surface area contributed by atoms with Crippen LogP contribution >= 0.6 is 0 Å². The van der Waals surface area contributed by atoms with Crippen LogP contribution in [0.3, 0.4) is 0 Å². The highest BCUT2D eigenvalue weighted by molar-refractivity contribution is 5.86. The van der Waals surface area contributed by atoms with Crippen molar-refractivity contribution in [3.8, 4) is 0 Å². The monoisotopic (exact) mass is 230 g/mol. The van der Waals surface area contributed by atoms with Crippen molar-refractivity contribution in [3.05, 3.63) is 0 Å². The summed E-state index contributed by atoms with van der Waals surface area (Å²) in [6.07, 6.45) is -0.0241. The number of nitrogens with one attached hydrogen (secondary N) is 1. The summed E-state index contributed by atoms with van der Waals surface area (Å²) < 4.78 is 0. The normalized spacial score (nSPS) is 11.6. The van der Waals surface area contributed by atoms with Gasteiger partial charge in [-0.3, -0.25) is 9.59 Å². The van der Waals surface area contributed by atoms with Crippen LogP contribution < -0.4 is 5.32 Å². The Bertz CT molecular complexity index is 262. The van der Waals surface area contributed by atoms with Crippen LogP contribution in [0.1, 0.15) is 34.1 Å². The maximum atomic E-state index is 12.1. The van der Waals surface area contributed by atoms with Crippen molar-refractivity contribution in [1.82, 2.24) is 10.2 Å². The molecule has 0 unspecified atom stereocenters. The first-order valence-electron chi connectivity index (χ1n) is 5.44. The topological polar surface area (TPSA) is 69.6 Å². The molecular weight excluding hydrogens is 208 g/mol. The first-order valence-corrected chi connectivity index (χ1v) is 5.44. The molecule has 0 radical (unpaired) electrons. The van der Waals surface area contributed by atoms with Crippen molar-refractivity contribution in [2.75, 3.05) is 13.6 Å². The third-order valence-corrected chi connectivity index (χ3v) is 2.61. The predicted molar refractivity (Wildman–Crippen MR) is 62.2 cm³/mol. The Kier molecular flexibility index (Phi) is 5.44. The lowest BCUT2D eigenvalue weighted by Crippen LogP contribution is -2.55. The second-order valence-electron chi connectivity index (χ2n) is 4.61. The van der Waals surface area contributed by atoms with E-state index in [0.29, 0.717) is 0 Å². The molecule has 0 rings (SSSR count). The average Bonchev–Trinajstić information content (AvgIpc) is 2.16. The number of hydrogen-bond donors (Lipinski definition) is 2. The number of hydrogen-bond acceptors (Lipinski definition) is 3. The highest BCUT2D eigenvalue weighted by Crippen LogP contribution is 2.11. The van der Waals surface area contributed by atoms with Gasteiger partial charge in [0.1, 0.15) is 0 Å². The quantitative estimate of drug-likeness (QED) is 0.704. The van der Waals surface area contributed by atoms with E-state index in [0.717, 1.165) is 0 Å². The number of aliphatic carboxylic acids is 1. The predicted octanol–water partition coefficient (Wildman–Crippen LogP) is 0.696. The minimum absolute atomic E-state index is 0.000486. The lowest BCUT2D eigenvalue weighted by molar-refractivity contribution is -0.141. The van der Waals surface area contributed by atoms with E-state index >= 15 is 0 Å². The van der Waals surface area contributed by atoms with Crippen LogP contribution in [0.5, 0.6) is 0 Å². The van der Waals surface area contributed by atoms with Crippen molar-refractivity contribution < 1.29 is 14.7 Å². The summed E-state index contributed by atoms with van der Waals surface area (Å²) in [4.78, 5) is 24.2. The molecule has 0 aromatic rings. The minimum Gasteiger partial charge on any atom is -0.481 e. The third kappa shape index (κ3) is 4.18. The van der Waals surface area contributed by atoms with Crippen LogP contribution in [0.15, 0.2) is 0 Å². The number of carbonyl (C=O) groups is 2. The standard InChI is InChI=1S/C11H22N2O3/c1-8(2)13(7-6-9(14)15)10(16)11(3,4)12-5/h8,12H,6-7H2,1-5H3,(H,14,15). The molecule has 0 bridgehead atoms. The van der Waals surface area contributed by atoms with Gasteiger partial charge in [0.15, 0.2) is 0 Å². The molecular formula is C11H22N2O3. The molecule has 16 heavy (non-hydrogen) atoms. The van der Waals surface area contributed by atoms with Crippen molar-refractivity contribution in [2.45, 2.75) is 45.7 Å². The van der Waals surface area contributed by atoms with Crippen LogP contribution in [0, 0.1) is 0 Å². The zero-order valence-corrected chi connectivity index (χ0v) is 10.7. The van der Waals surface area contributed by atoms with Crippen LogP contribution in [-0.4, -0.2) is 47.1 Å². The van der Waals surface area contributed by atoms with Crippen LogP contribution in [0.25, 0.3) is 0 Å². The first kappa shape index (κ1) is 14.9. The summed E-state index contributed by atoms with van der Waals surface area (Å²) in [5.41, 5.74) is -0.664. The molecule has 0 saturated heterocycles. The Morgan fingerprint density at radius 3 is 2.19 bits per heavy atom. The number of nitrogens with zero attached hydrogens (tertiary/aromatic N) is 1. The van der Waals surface area contributed by atoms with Crippen molar-refractivity contribution in [3.63, 3.8) is 0 Å². The maximum Gasteiger partial charge on any atom is 0.305 e. The molecule has 1 amide bonds. The Morgan fingerprint density at radius 1 is 1.38 bits per heavy atom. The Labute approximate surface area is 96.8 Å². The molecule has 5 nitrogen and oxygen atoms in total. The number of carboxylic acids is 1. The van der Waals surface area contributed by atoms with E-state index in [4.69, 9.17) is 5.11 Å². The van der Waals surface area contributed by atoms with Gasteiger partial charge in [0.05, 0.1) is 12.0 Å². The van der Waals surface area contributed by atoms with E-state index in [1.165, 1.54) is 0 Å². The second-order valence-corrected chi connectivity index (χ2v) is 4.61. The fraction of sp³-hybridized carbons (Fsp3) is 0.818. The summed E-state index contributed by atoms with van der Waals surface area (Å²) in [7, 11) is 1.72. The van der Waals surface area contributed by atoms with E-state index < -0.39 is 11.5 Å². The van der Waals surface area contributed by atoms with Gasteiger partial charge >= 0.3 is 5.97 Å². The Morgan fingerprint density at radius 2 is 1.88 bits per heavy atom. The van der Waals surface area contributed by atoms with Gasteiger partial charge in [-0.05, 0) is 34.7 Å². The molecule has 0 heterocycles. The molecule has 0 spiro atoms. The molecule has 0 aliphatic heterocycles. The van der Waals surface area contributed by atoms with E-state index in [-0.39, 0.29) is 24.9 Å². The number of amides is 1. The average molecular weight is 230 g/mol. The molecule has 5 heteroatoms. The number of carboxylic acid groups (broad SMARTS) is 1. The summed E-state index contributed by atoms with van der Waals surface area (Å²) in [6.45, 7) is 7.57. The Balaban J connectivity index is 4.66. The SMILES string of the molecule is CNC(C)(C)C(=O)N(CCC(=O)O)C(C)C. The fourth-order valence-electron chi connectivity index (χ4n) is 1.28. The number of rotatable bonds is 6. The van der Waals surface area contributed by atoms with Gasteiger partial charge in [0.25, 0.3) is 0 Å². The zero-order valence-electron chi connectivity index (χ0n) is 10.7. The van der Waals surface area contributed by atoms with Crippen molar-refractivity contribution in [2.24, 2.45) is 0 Å². The van der Waals surface area contributed by atoms with Gasteiger partial charge < -0.3 is 15.3 Å². The number of likely N-dealkylation sites (N-methyl/N-ethyl adjacent to an activating group) is 1. The summed E-state index contributed by atoms with van der Waals surface area (Å²) in [5.74, 6) is -0.966. The van der Waals surface area contributed by atoms with E-state index in [1.807, 2.05) is 13.8 Å². The van der Waals surface area contributed by atoms with Crippen LogP contribution in [-0.2, 0) is 9.59 Å². The van der Waals surface area contributed by atoms with Gasteiger partial charge in [-0.15, -0.1) is 0 Å². The van der Waals surface area contributed by atoms with Gasteiger partial charge in [-0.1, -0.05) is 0 Å². The van der Waals surface area contributed by atoms with Crippen molar-refractivity contribution in [1.29, 1.82) is 0 Å². The minimum atomic E-state index is -0.888. The molecule has 94 valence electrons.